The molecule has 1 atom stereocenters. The van der Waals surface area contributed by atoms with Crippen LogP contribution in [0.2, 0.25) is 0 Å². The summed E-state index contributed by atoms with van der Waals surface area (Å²) in [5.74, 6) is 0.211. The molecule has 0 radical (unpaired) electrons. The Morgan fingerprint density at radius 1 is 1.35 bits per heavy atom. The lowest BCUT2D eigenvalue weighted by atomic mass is 10.0. The molecule has 0 bridgehead atoms. The van der Waals surface area contributed by atoms with E-state index in [2.05, 4.69) is 20.7 Å². The van der Waals surface area contributed by atoms with E-state index in [1.165, 1.54) is 5.56 Å². The molecule has 0 spiro atoms. The van der Waals surface area contributed by atoms with Crippen LogP contribution in [0.3, 0.4) is 0 Å². The van der Waals surface area contributed by atoms with Gasteiger partial charge < -0.3 is 5.32 Å². The van der Waals surface area contributed by atoms with Crippen molar-refractivity contribution < 1.29 is 9.59 Å². The SMILES string of the molecule is Cc1nc2n(n1)C[C@@H](CC(=O)Nc1ccc(C)c(C)c1)C(=O)N2. The second-order valence-corrected chi connectivity index (χ2v) is 5.90. The highest BCUT2D eigenvalue weighted by atomic mass is 16.2. The van der Waals surface area contributed by atoms with Gasteiger partial charge in [-0.05, 0) is 44.0 Å². The summed E-state index contributed by atoms with van der Waals surface area (Å²) in [6, 6.07) is 5.75. The van der Waals surface area contributed by atoms with E-state index in [4.69, 9.17) is 0 Å². The Morgan fingerprint density at radius 2 is 2.13 bits per heavy atom. The minimum Gasteiger partial charge on any atom is -0.326 e. The highest BCUT2D eigenvalue weighted by Gasteiger charge is 2.29. The van der Waals surface area contributed by atoms with E-state index >= 15 is 0 Å². The van der Waals surface area contributed by atoms with E-state index in [1.54, 1.807) is 11.6 Å². The molecule has 1 aliphatic rings. The third-order valence-electron chi connectivity index (χ3n) is 4.00. The molecule has 1 aromatic heterocycles. The van der Waals surface area contributed by atoms with Gasteiger partial charge in [0, 0.05) is 12.1 Å². The predicted molar refractivity (Wildman–Crippen MR) is 86.0 cm³/mol. The van der Waals surface area contributed by atoms with Crippen molar-refractivity contribution in [2.45, 2.75) is 33.7 Å². The van der Waals surface area contributed by atoms with E-state index in [0.29, 0.717) is 18.3 Å². The fraction of sp³-hybridized carbons (Fsp3) is 0.375. The number of anilines is 2. The van der Waals surface area contributed by atoms with E-state index in [1.807, 2.05) is 32.0 Å². The summed E-state index contributed by atoms with van der Waals surface area (Å²) in [4.78, 5) is 28.4. The van der Waals surface area contributed by atoms with Crippen molar-refractivity contribution in [1.82, 2.24) is 14.8 Å². The van der Waals surface area contributed by atoms with Crippen molar-refractivity contribution in [2.75, 3.05) is 10.6 Å². The molecule has 0 saturated carbocycles. The molecule has 2 aromatic rings. The average Bonchev–Trinajstić information content (AvgIpc) is 2.82. The van der Waals surface area contributed by atoms with Gasteiger partial charge in [0.05, 0.1) is 12.5 Å². The van der Waals surface area contributed by atoms with Gasteiger partial charge in [-0.25, -0.2) is 4.68 Å². The van der Waals surface area contributed by atoms with Crippen molar-refractivity contribution in [2.24, 2.45) is 5.92 Å². The average molecular weight is 313 g/mol. The molecule has 7 nitrogen and oxygen atoms in total. The molecule has 2 N–H and O–H groups in total. The lowest BCUT2D eigenvalue weighted by molar-refractivity contribution is -0.125. The van der Waals surface area contributed by atoms with Crippen LogP contribution in [0.5, 0.6) is 0 Å². The maximum Gasteiger partial charge on any atom is 0.232 e. The van der Waals surface area contributed by atoms with E-state index in [0.717, 1.165) is 11.3 Å². The summed E-state index contributed by atoms with van der Waals surface area (Å²) in [5.41, 5.74) is 3.02. The van der Waals surface area contributed by atoms with Gasteiger partial charge in [-0.2, -0.15) is 10.1 Å². The number of benzene rings is 1. The summed E-state index contributed by atoms with van der Waals surface area (Å²) in [6.07, 6.45) is 0.108. The van der Waals surface area contributed by atoms with Crippen LogP contribution < -0.4 is 10.6 Å². The summed E-state index contributed by atoms with van der Waals surface area (Å²) < 4.78 is 1.63. The molecule has 7 heteroatoms. The topological polar surface area (TPSA) is 88.9 Å². The van der Waals surface area contributed by atoms with E-state index in [9.17, 15) is 9.59 Å². The number of aryl methyl sites for hydroxylation is 3. The molecule has 2 amide bonds. The molecule has 0 fully saturated rings. The number of nitrogens with one attached hydrogen (secondary N) is 2. The largest absolute Gasteiger partial charge is 0.326 e. The minimum absolute atomic E-state index is 0.108. The van der Waals surface area contributed by atoms with Crippen LogP contribution in [0.15, 0.2) is 18.2 Å². The van der Waals surface area contributed by atoms with Crippen LogP contribution in [0.25, 0.3) is 0 Å². The monoisotopic (exact) mass is 313 g/mol. The number of hydrogen-bond donors (Lipinski definition) is 2. The van der Waals surface area contributed by atoms with Crippen molar-refractivity contribution in [3.05, 3.63) is 35.2 Å². The Labute approximate surface area is 134 Å². The summed E-state index contributed by atoms with van der Waals surface area (Å²) in [6.45, 7) is 6.14. The fourth-order valence-corrected chi connectivity index (χ4v) is 2.59. The zero-order valence-electron chi connectivity index (χ0n) is 13.4. The van der Waals surface area contributed by atoms with Crippen molar-refractivity contribution in [3.8, 4) is 0 Å². The van der Waals surface area contributed by atoms with Gasteiger partial charge in [-0.15, -0.1) is 0 Å². The smallest absolute Gasteiger partial charge is 0.232 e. The second-order valence-electron chi connectivity index (χ2n) is 5.90. The molecule has 1 aliphatic heterocycles. The van der Waals surface area contributed by atoms with Gasteiger partial charge in [0.2, 0.25) is 17.8 Å². The Bertz CT molecular complexity index is 781. The number of carbonyl (C=O) groups is 2. The normalized spacial score (nSPS) is 16.7. The van der Waals surface area contributed by atoms with Gasteiger partial charge >= 0.3 is 0 Å². The quantitative estimate of drug-likeness (QED) is 0.904. The van der Waals surface area contributed by atoms with Crippen LogP contribution in [0.1, 0.15) is 23.4 Å². The maximum atomic E-state index is 12.2. The van der Waals surface area contributed by atoms with Crippen molar-refractivity contribution in [3.63, 3.8) is 0 Å². The molecular formula is C16H19N5O2. The zero-order valence-corrected chi connectivity index (χ0v) is 13.4. The maximum absolute atomic E-state index is 12.2. The van der Waals surface area contributed by atoms with E-state index in [-0.39, 0.29) is 18.2 Å². The van der Waals surface area contributed by atoms with Crippen LogP contribution in [-0.4, -0.2) is 26.6 Å². The third kappa shape index (κ3) is 3.23. The molecule has 23 heavy (non-hydrogen) atoms. The Balaban J connectivity index is 1.66. The lowest BCUT2D eigenvalue weighted by Crippen LogP contribution is -2.36. The number of amides is 2. The zero-order chi connectivity index (χ0) is 16.6. The van der Waals surface area contributed by atoms with Gasteiger partial charge in [0.15, 0.2) is 0 Å². The number of carbonyl (C=O) groups excluding carboxylic acids is 2. The summed E-state index contributed by atoms with van der Waals surface area (Å²) in [5, 5.41) is 9.74. The molecule has 0 saturated heterocycles. The molecule has 0 aliphatic carbocycles. The molecule has 1 aromatic carbocycles. The van der Waals surface area contributed by atoms with Gasteiger partial charge in [0.25, 0.3) is 0 Å². The first-order valence-corrected chi connectivity index (χ1v) is 7.52. The fourth-order valence-electron chi connectivity index (χ4n) is 2.59. The number of nitrogens with zero attached hydrogens (tertiary/aromatic N) is 3. The molecule has 120 valence electrons. The van der Waals surface area contributed by atoms with Gasteiger partial charge in [0.1, 0.15) is 5.82 Å². The predicted octanol–water partition coefficient (Wildman–Crippen LogP) is 1.80. The minimum atomic E-state index is -0.449. The van der Waals surface area contributed by atoms with Crippen molar-refractivity contribution in [1.29, 1.82) is 0 Å². The Hall–Kier alpha value is -2.70. The molecular weight excluding hydrogens is 294 g/mol. The van der Waals surface area contributed by atoms with Crippen LogP contribution >= 0.6 is 0 Å². The van der Waals surface area contributed by atoms with Crippen LogP contribution in [0, 0.1) is 26.7 Å². The number of fused-ring (bicyclic) bond motifs is 1. The second kappa shape index (κ2) is 5.83. The highest BCUT2D eigenvalue weighted by molar-refractivity contribution is 5.98. The first-order valence-electron chi connectivity index (χ1n) is 7.52. The van der Waals surface area contributed by atoms with Gasteiger partial charge in [-0.1, -0.05) is 6.07 Å². The van der Waals surface area contributed by atoms with Crippen LogP contribution in [0.4, 0.5) is 11.6 Å². The number of aromatic nitrogens is 3. The third-order valence-corrected chi connectivity index (χ3v) is 4.00. The number of hydrogen-bond acceptors (Lipinski definition) is 4. The first-order chi connectivity index (χ1) is 10.9. The first kappa shape index (κ1) is 15.2. The van der Waals surface area contributed by atoms with Crippen molar-refractivity contribution >= 4 is 23.5 Å². The summed E-state index contributed by atoms with van der Waals surface area (Å²) in [7, 11) is 0. The molecule has 0 unspecified atom stereocenters. The lowest BCUT2D eigenvalue weighted by Gasteiger charge is -2.21. The van der Waals surface area contributed by atoms with Gasteiger partial charge in [-0.3, -0.25) is 14.9 Å². The molecule has 2 heterocycles. The number of rotatable bonds is 3. The molecule has 3 rings (SSSR count). The Morgan fingerprint density at radius 3 is 2.87 bits per heavy atom. The highest BCUT2D eigenvalue weighted by Crippen LogP contribution is 2.20. The van der Waals surface area contributed by atoms with E-state index < -0.39 is 5.92 Å². The van der Waals surface area contributed by atoms with Crippen LogP contribution in [-0.2, 0) is 16.1 Å². The summed E-state index contributed by atoms with van der Waals surface area (Å²) >= 11 is 0. The standard InChI is InChI=1S/C16H19N5O2/c1-9-4-5-13(6-10(9)2)18-14(22)7-12-8-21-16(19-15(12)23)17-11(3)20-21/h4-6,12H,7-8H2,1-3H3,(H,18,22)(H,17,19,20,23)/t12-/m1/s1. The Kier molecular flexibility index (Phi) is 3.85.